The Morgan fingerprint density at radius 3 is 2.94 bits per heavy atom. The van der Waals surface area contributed by atoms with Gasteiger partial charge in [-0.1, -0.05) is 0 Å². The van der Waals surface area contributed by atoms with Crippen LogP contribution in [0.4, 0.5) is 0 Å². The van der Waals surface area contributed by atoms with Crippen molar-refractivity contribution in [2.45, 2.75) is 58.2 Å². The molecule has 2 unspecified atom stereocenters. The second kappa shape index (κ2) is 3.84. The molecule has 1 saturated carbocycles. The van der Waals surface area contributed by atoms with Gasteiger partial charge in [-0.2, -0.15) is 5.10 Å². The average molecular weight is 220 g/mol. The first kappa shape index (κ1) is 10.3. The summed E-state index contributed by atoms with van der Waals surface area (Å²) < 4.78 is 2.08. The van der Waals surface area contributed by atoms with Crippen LogP contribution in [0, 0.1) is 12.8 Å². The molecule has 1 aliphatic carbocycles. The largest absolute Gasteiger partial charge is 0.305 e. The molecule has 1 aromatic heterocycles. The Bertz CT molecular complexity index is 380. The van der Waals surface area contributed by atoms with E-state index in [4.69, 9.17) is 0 Å². The van der Waals surface area contributed by atoms with E-state index < -0.39 is 0 Å². The van der Waals surface area contributed by atoms with E-state index in [0.717, 1.165) is 24.1 Å². The molecule has 4 nitrogen and oxygen atoms in total. The van der Waals surface area contributed by atoms with E-state index in [-0.39, 0.29) is 0 Å². The van der Waals surface area contributed by atoms with Crippen LogP contribution in [0.1, 0.15) is 50.3 Å². The van der Waals surface area contributed by atoms with Gasteiger partial charge in [0, 0.05) is 12.6 Å². The number of rotatable bonds is 3. The molecule has 2 heterocycles. The lowest BCUT2D eigenvalue weighted by Crippen LogP contribution is -2.35. The topological polar surface area (TPSA) is 42.7 Å². The molecule has 0 bridgehead atoms. The Labute approximate surface area is 96.4 Å². The molecule has 0 aromatic carbocycles. The molecule has 3 rings (SSSR count). The standard InChI is InChI=1S/C12H20N4/c1-8(10-5-6-10)13-11-4-3-7-16-12(11)14-9(2)15-16/h8,10-11,13H,3-7H2,1-2H3. The molecule has 1 N–H and O–H groups in total. The van der Waals surface area contributed by atoms with E-state index in [0.29, 0.717) is 12.1 Å². The highest BCUT2D eigenvalue weighted by molar-refractivity contribution is 5.02. The van der Waals surface area contributed by atoms with Crippen LogP contribution < -0.4 is 5.32 Å². The predicted octanol–water partition coefficient (Wildman–Crippen LogP) is 1.81. The minimum absolute atomic E-state index is 0.422. The van der Waals surface area contributed by atoms with Crippen molar-refractivity contribution in [3.63, 3.8) is 0 Å². The molecular weight excluding hydrogens is 200 g/mol. The van der Waals surface area contributed by atoms with Crippen molar-refractivity contribution in [2.24, 2.45) is 5.92 Å². The highest BCUT2D eigenvalue weighted by atomic mass is 15.4. The monoisotopic (exact) mass is 220 g/mol. The number of nitrogens with one attached hydrogen (secondary N) is 1. The van der Waals surface area contributed by atoms with Crippen LogP contribution in [-0.4, -0.2) is 20.8 Å². The van der Waals surface area contributed by atoms with E-state index in [1.54, 1.807) is 0 Å². The van der Waals surface area contributed by atoms with Gasteiger partial charge in [-0.15, -0.1) is 0 Å². The summed E-state index contributed by atoms with van der Waals surface area (Å²) in [4.78, 5) is 4.55. The van der Waals surface area contributed by atoms with Gasteiger partial charge >= 0.3 is 0 Å². The van der Waals surface area contributed by atoms with Crippen LogP contribution in [0.5, 0.6) is 0 Å². The maximum absolute atomic E-state index is 4.55. The summed E-state index contributed by atoms with van der Waals surface area (Å²) in [7, 11) is 0. The van der Waals surface area contributed by atoms with Crippen molar-refractivity contribution in [3.8, 4) is 0 Å². The lowest BCUT2D eigenvalue weighted by molar-refractivity contribution is 0.329. The smallest absolute Gasteiger partial charge is 0.147 e. The number of aromatic nitrogens is 3. The Kier molecular flexibility index (Phi) is 2.46. The van der Waals surface area contributed by atoms with Gasteiger partial charge in [0.1, 0.15) is 11.6 Å². The number of nitrogens with zero attached hydrogens (tertiary/aromatic N) is 3. The number of aryl methyl sites for hydroxylation is 2. The van der Waals surface area contributed by atoms with Crippen LogP contribution >= 0.6 is 0 Å². The molecule has 4 heteroatoms. The van der Waals surface area contributed by atoms with Crippen molar-refractivity contribution in [3.05, 3.63) is 11.6 Å². The lowest BCUT2D eigenvalue weighted by Gasteiger charge is -2.26. The molecule has 1 fully saturated rings. The zero-order chi connectivity index (χ0) is 11.1. The maximum atomic E-state index is 4.55. The molecular formula is C12H20N4. The Morgan fingerprint density at radius 2 is 2.19 bits per heavy atom. The SMILES string of the molecule is Cc1nc2n(n1)CCCC2NC(C)C1CC1. The molecule has 2 atom stereocenters. The first-order valence-corrected chi connectivity index (χ1v) is 6.41. The van der Waals surface area contributed by atoms with Crippen molar-refractivity contribution in [1.29, 1.82) is 0 Å². The summed E-state index contributed by atoms with van der Waals surface area (Å²) in [5, 5.41) is 8.16. The van der Waals surface area contributed by atoms with E-state index in [1.165, 1.54) is 25.7 Å². The van der Waals surface area contributed by atoms with E-state index in [9.17, 15) is 0 Å². The fourth-order valence-electron chi connectivity index (χ4n) is 2.68. The summed E-state index contributed by atoms with van der Waals surface area (Å²) in [6.07, 6.45) is 5.21. The quantitative estimate of drug-likeness (QED) is 0.844. The molecule has 1 aromatic rings. The molecule has 1 aliphatic heterocycles. The number of hydrogen-bond donors (Lipinski definition) is 1. The predicted molar refractivity (Wildman–Crippen MR) is 62.1 cm³/mol. The van der Waals surface area contributed by atoms with Crippen LogP contribution in [0.25, 0.3) is 0 Å². The van der Waals surface area contributed by atoms with E-state index in [1.807, 2.05) is 6.92 Å². The van der Waals surface area contributed by atoms with Gasteiger partial charge in [0.25, 0.3) is 0 Å². The number of fused-ring (bicyclic) bond motifs is 1. The zero-order valence-corrected chi connectivity index (χ0v) is 10.1. The average Bonchev–Trinajstić information content (AvgIpc) is 3.01. The van der Waals surface area contributed by atoms with E-state index in [2.05, 4.69) is 27.0 Å². The molecule has 88 valence electrons. The minimum atomic E-state index is 0.422. The Balaban J connectivity index is 1.75. The van der Waals surface area contributed by atoms with Crippen LogP contribution in [0.15, 0.2) is 0 Å². The summed E-state index contributed by atoms with van der Waals surface area (Å²) in [5.74, 6) is 2.96. The fraction of sp³-hybridized carbons (Fsp3) is 0.833. The third-order valence-corrected chi connectivity index (χ3v) is 3.77. The molecule has 16 heavy (non-hydrogen) atoms. The fourth-order valence-corrected chi connectivity index (χ4v) is 2.68. The highest BCUT2D eigenvalue weighted by Gasteiger charge is 2.31. The molecule has 0 spiro atoms. The van der Waals surface area contributed by atoms with Crippen molar-refractivity contribution < 1.29 is 0 Å². The van der Waals surface area contributed by atoms with Gasteiger partial charge in [-0.3, -0.25) is 0 Å². The van der Waals surface area contributed by atoms with Gasteiger partial charge in [0.2, 0.25) is 0 Å². The third-order valence-electron chi connectivity index (χ3n) is 3.77. The second-order valence-electron chi connectivity index (χ2n) is 5.23. The molecule has 2 aliphatic rings. The lowest BCUT2D eigenvalue weighted by atomic mass is 10.1. The molecule has 0 amide bonds. The van der Waals surface area contributed by atoms with Gasteiger partial charge in [0.05, 0.1) is 6.04 Å². The van der Waals surface area contributed by atoms with Crippen LogP contribution in [0.2, 0.25) is 0 Å². The van der Waals surface area contributed by atoms with Gasteiger partial charge in [-0.05, 0) is 45.4 Å². The van der Waals surface area contributed by atoms with Crippen molar-refractivity contribution in [2.75, 3.05) is 0 Å². The highest BCUT2D eigenvalue weighted by Crippen LogP contribution is 2.34. The first-order chi connectivity index (χ1) is 7.74. The van der Waals surface area contributed by atoms with Crippen LogP contribution in [-0.2, 0) is 6.54 Å². The molecule has 0 radical (unpaired) electrons. The summed E-state index contributed by atoms with van der Waals surface area (Å²) >= 11 is 0. The van der Waals surface area contributed by atoms with Crippen molar-refractivity contribution in [1.82, 2.24) is 20.1 Å². The summed E-state index contributed by atoms with van der Waals surface area (Å²) in [6.45, 7) is 5.32. The van der Waals surface area contributed by atoms with Gasteiger partial charge in [-0.25, -0.2) is 9.67 Å². The maximum Gasteiger partial charge on any atom is 0.147 e. The van der Waals surface area contributed by atoms with Gasteiger partial charge < -0.3 is 5.32 Å². The van der Waals surface area contributed by atoms with Gasteiger partial charge in [0.15, 0.2) is 0 Å². The Hall–Kier alpha value is -0.900. The first-order valence-electron chi connectivity index (χ1n) is 6.41. The Morgan fingerprint density at radius 1 is 1.38 bits per heavy atom. The summed E-state index contributed by atoms with van der Waals surface area (Å²) in [6, 6.07) is 1.05. The number of hydrogen-bond acceptors (Lipinski definition) is 3. The normalized spacial score (nSPS) is 26.5. The third kappa shape index (κ3) is 1.86. The zero-order valence-electron chi connectivity index (χ0n) is 10.1. The molecule has 0 saturated heterocycles. The minimum Gasteiger partial charge on any atom is -0.305 e. The summed E-state index contributed by atoms with van der Waals surface area (Å²) in [5.41, 5.74) is 0. The van der Waals surface area contributed by atoms with E-state index >= 15 is 0 Å². The second-order valence-corrected chi connectivity index (χ2v) is 5.23. The van der Waals surface area contributed by atoms with Crippen molar-refractivity contribution >= 4 is 0 Å². The van der Waals surface area contributed by atoms with Crippen LogP contribution in [0.3, 0.4) is 0 Å².